The smallest absolute Gasteiger partial charge is 0.123 e. The van der Waals surface area contributed by atoms with Gasteiger partial charge in [0, 0.05) is 23.0 Å². The van der Waals surface area contributed by atoms with Crippen molar-refractivity contribution in [2.45, 2.75) is 31.6 Å². The van der Waals surface area contributed by atoms with Gasteiger partial charge in [0.2, 0.25) is 0 Å². The zero-order valence-corrected chi connectivity index (χ0v) is 10.6. The molecule has 2 bridgehead atoms. The minimum atomic E-state index is 0.560. The van der Waals surface area contributed by atoms with Crippen LogP contribution in [0.25, 0.3) is 0 Å². The van der Waals surface area contributed by atoms with Gasteiger partial charge in [-0.2, -0.15) is 0 Å². The predicted octanol–water partition coefficient (Wildman–Crippen LogP) is 3.62. The minimum Gasteiger partial charge on any atom is -0.496 e. The SMILES string of the molecule is CC=C1[C@H]2CC[C@H]1c1c(OC)ccc(OC)c12. The molecule has 2 atom stereocenters. The fourth-order valence-corrected chi connectivity index (χ4v) is 3.61. The van der Waals surface area contributed by atoms with Gasteiger partial charge >= 0.3 is 0 Å². The summed E-state index contributed by atoms with van der Waals surface area (Å²) in [6.07, 6.45) is 4.78. The Labute approximate surface area is 102 Å². The molecular weight excluding hydrogens is 212 g/mol. The summed E-state index contributed by atoms with van der Waals surface area (Å²) in [6, 6.07) is 4.07. The molecule has 0 unspecified atom stereocenters. The summed E-state index contributed by atoms with van der Waals surface area (Å²) in [6.45, 7) is 2.14. The lowest BCUT2D eigenvalue weighted by Gasteiger charge is -2.20. The maximum Gasteiger partial charge on any atom is 0.123 e. The number of allylic oxidation sites excluding steroid dienone is 2. The lowest BCUT2D eigenvalue weighted by molar-refractivity contribution is 0.391. The number of rotatable bonds is 2. The fraction of sp³-hybridized carbons (Fsp3) is 0.467. The highest BCUT2D eigenvalue weighted by Crippen LogP contribution is 2.61. The molecule has 0 heterocycles. The van der Waals surface area contributed by atoms with Crippen molar-refractivity contribution in [3.8, 4) is 11.5 Å². The molecule has 0 amide bonds. The molecule has 3 rings (SSSR count). The van der Waals surface area contributed by atoms with Crippen molar-refractivity contribution < 1.29 is 9.47 Å². The van der Waals surface area contributed by atoms with Crippen molar-refractivity contribution in [3.63, 3.8) is 0 Å². The van der Waals surface area contributed by atoms with Gasteiger partial charge in [0.1, 0.15) is 11.5 Å². The monoisotopic (exact) mass is 230 g/mol. The van der Waals surface area contributed by atoms with E-state index in [0.717, 1.165) is 11.5 Å². The first-order valence-corrected chi connectivity index (χ1v) is 6.22. The van der Waals surface area contributed by atoms with E-state index >= 15 is 0 Å². The maximum absolute atomic E-state index is 5.52. The van der Waals surface area contributed by atoms with Gasteiger partial charge < -0.3 is 9.47 Å². The van der Waals surface area contributed by atoms with Gasteiger partial charge in [-0.1, -0.05) is 11.6 Å². The summed E-state index contributed by atoms with van der Waals surface area (Å²) in [5.74, 6) is 3.16. The Balaban J connectivity index is 2.25. The number of ether oxygens (including phenoxy) is 2. The van der Waals surface area contributed by atoms with Crippen LogP contribution in [0.4, 0.5) is 0 Å². The molecule has 0 saturated heterocycles. The predicted molar refractivity (Wildman–Crippen MR) is 68.0 cm³/mol. The molecule has 0 spiro atoms. The average molecular weight is 230 g/mol. The highest BCUT2D eigenvalue weighted by Gasteiger charge is 2.44. The van der Waals surface area contributed by atoms with Crippen molar-refractivity contribution in [1.29, 1.82) is 0 Å². The van der Waals surface area contributed by atoms with Gasteiger partial charge in [-0.25, -0.2) is 0 Å². The molecule has 2 nitrogen and oxygen atoms in total. The number of benzene rings is 1. The van der Waals surface area contributed by atoms with Crippen LogP contribution in [0, 0.1) is 0 Å². The van der Waals surface area contributed by atoms with Gasteiger partial charge in [-0.05, 0) is 31.9 Å². The van der Waals surface area contributed by atoms with Crippen molar-refractivity contribution in [3.05, 3.63) is 34.9 Å². The summed E-state index contributed by atoms with van der Waals surface area (Å²) in [7, 11) is 3.51. The Hall–Kier alpha value is -1.44. The van der Waals surface area contributed by atoms with Crippen molar-refractivity contribution >= 4 is 0 Å². The highest BCUT2D eigenvalue weighted by atomic mass is 16.5. The molecule has 0 N–H and O–H groups in total. The topological polar surface area (TPSA) is 18.5 Å². The normalized spacial score (nSPS) is 24.8. The molecule has 2 aliphatic carbocycles. The number of fused-ring (bicyclic) bond motifs is 5. The van der Waals surface area contributed by atoms with Crippen LogP contribution in [0.15, 0.2) is 23.8 Å². The summed E-state index contributed by atoms with van der Waals surface area (Å²) in [4.78, 5) is 0. The Morgan fingerprint density at radius 3 is 1.82 bits per heavy atom. The molecule has 90 valence electrons. The van der Waals surface area contributed by atoms with Crippen LogP contribution >= 0.6 is 0 Å². The lowest BCUT2D eigenvalue weighted by Crippen LogP contribution is -2.03. The third kappa shape index (κ3) is 1.27. The first-order chi connectivity index (χ1) is 8.31. The zero-order valence-electron chi connectivity index (χ0n) is 10.6. The van der Waals surface area contributed by atoms with Crippen molar-refractivity contribution in [2.75, 3.05) is 14.2 Å². The Morgan fingerprint density at radius 2 is 1.47 bits per heavy atom. The van der Waals surface area contributed by atoms with Gasteiger partial charge in [0.05, 0.1) is 14.2 Å². The third-order valence-electron chi connectivity index (χ3n) is 4.23. The molecular formula is C15H18O2. The summed E-state index contributed by atoms with van der Waals surface area (Å²) in [5, 5.41) is 0. The van der Waals surface area contributed by atoms with Gasteiger partial charge in [0.25, 0.3) is 0 Å². The first-order valence-electron chi connectivity index (χ1n) is 6.22. The second-order valence-corrected chi connectivity index (χ2v) is 4.77. The molecule has 0 aliphatic heterocycles. The van der Waals surface area contributed by atoms with Crippen LogP contribution < -0.4 is 9.47 Å². The van der Waals surface area contributed by atoms with Crippen molar-refractivity contribution in [1.82, 2.24) is 0 Å². The zero-order chi connectivity index (χ0) is 12.0. The summed E-state index contributed by atoms with van der Waals surface area (Å²) >= 11 is 0. The standard InChI is InChI=1S/C15H18O2/c1-4-9-10-5-6-11(9)15-13(17-3)8-7-12(16-2)14(10)15/h4,7-8,10-11H,5-6H2,1-3H3/t10-,11-/m1/s1. The van der Waals surface area contributed by atoms with E-state index in [1.807, 2.05) is 12.1 Å². The average Bonchev–Trinajstić information content (AvgIpc) is 2.93. The van der Waals surface area contributed by atoms with Gasteiger partial charge in [-0.3, -0.25) is 0 Å². The van der Waals surface area contributed by atoms with E-state index in [1.165, 1.54) is 24.0 Å². The molecule has 2 heteroatoms. The summed E-state index contributed by atoms with van der Waals surface area (Å²) < 4.78 is 11.0. The molecule has 1 fully saturated rings. The van der Waals surface area contributed by atoms with Gasteiger partial charge in [-0.15, -0.1) is 0 Å². The van der Waals surface area contributed by atoms with E-state index in [-0.39, 0.29) is 0 Å². The van der Waals surface area contributed by atoms with E-state index in [0.29, 0.717) is 11.8 Å². The van der Waals surface area contributed by atoms with Crippen LogP contribution in [0.1, 0.15) is 42.7 Å². The molecule has 1 aromatic rings. The summed E-state index contributed by atoms with van der Waals surface area (Å²) in [5.41, 5.74) is 4.30. The van der Waals surface area contributed by atoms with Crippen LogP contribution in [0.5, 0.6) is 11.5 Å². The quantitative estimate of drug-likeness (QED) is 0.722. The second kappa shape index (κ2) is 3.80. The fourth-order valence-electron chi connectivity index (χ4n) is 3.61. The van der Waals surface area contributed by atoms with E-state index in [1.54, 1.807) is 19.8 Å². The van der Waals surface area contributed by atoms with Crippen LogP contribution in [0.3, 0.4) is 0 Å². The van der Waals surface area contributed by atoms with E-state index in [2.05, 4.69) is 13.0 Å². The molecule has 17 heavy (non-hydrogen) atoms. The van der Waals surface area contributed by atoms with Crippen LogP contribution in [-0.2, 0) is 0 Å². The van der Waals surface area contributed by atoms with E-state index in [9.17, 15) is 0 Å². The molecule has 0 aromatic heterocycles. The van der Waals surface area contributed by atoms with Crippen LogP contribution in [-0.4, -0.2) is 14.2 Å². The minimum absolute atomic E-state index is 0.560. The van der Waals surface area contributed by atoms with Crippen molar-refractivity contribution in [2.24, 2.45) is 0 Å². The third-order valence-corrected chi connectivity index (χ3v) is 4.23. The first kappa shape index (κ1) is 10.7. The maximum atomic E-state index is 5.52. The highest BCUT2D eigenvalue weighted by molar-refractivity contribution is 5.63. The Kier molecular flexibility index (Phi) is 2.39. The van der Waals surface area contributed by atoms with E-state index < -0.39 is 0 Å². The lowest BCUT2D eigenvalue weighted by atomic mass is 9.90. The molecule has 1 aromatic carbocycles. The van der Waals surface area contributed by atoms with Gasteiger partial charge in [0.15, 0.2) is 0 Å². The number of hydrogen-bond donors (Lipinski definition) is 0. The molecule has 1 saturated carbocycles. The second-order valence-electron chi connectivity index (χ2n) is 4.77. The molecule has 2 aliphatic rings. The van der Waals surface area contributed by atoms with E-state index in [4.69, 9.17) is 9.47 Å². The molecule has 0 radical (unpaired) electrons. The largest absolute Gasteiger partial charge is 0.496 e. The van der Waals surface area contributed by atoms with Crippen LogP contribution in [0.2, 0.25) is 0 Å². The Bertz CT molecular complexity index is 447. The number of methoxy groups -OCH3 is 2. The Morgan fingerprint density at radius 1 is 1.00 bits per heavy atom. The number of hydrogen-bond acceptors (Lipinski definition) is 2.